The fourth-order valence-corrected chi connectivity index (χ4v) is 2.45. The summed E-state index contributed by atoms with van der Waals surface area (Å²) in [7, 11) is 2.09. The minimum atomic E-state index is 0.0292. The van der Waals surface area contributed by atoms with Crippen molar-refractivity contribution in [3.8, 4) is 0 Å². The van der Waals surface area contributed by atoms with Crippen molar-refractivity contribution in [3.05, 3.63) is 71.9 Å². The van der Waals surface area contributed by atoms with Crippen molar-refractivity contribution >= 4 is 16.6 Å². The lowest BCUT2D eigenvalue weighted by Crippen LogP contribution is -2.16. The number of nitrogens with zero attached hydrogens (tertiary/aromatic N) is 2. The van der Waals surface area contributed by atoms with Gasteiger partial charge in [0.1, 0.15) is 0 Å². The van der Waals surface area contributed by atoms with Gasteiger partial charge in [0.15, 0.2) is 0 Å². The molecule has 0 bridgehead atoms. The van der Waals surface area contributed by atoms with E-state index in [-0.39, 0.29) is 6.61 Å². The Morgan fingerprint density at radius 2 is 1.81 bits per heavy atom. The highest BCUT2D eigenvalue weighted by molar-refractivity contribution is 5.79. The molecule has 0 spiro atoms. The largest absolute Gasteiger partial charge is 0.392 e. The van der Waals surface area contributed by atoms with E-state index in [4.69, 9.17) is 5.11 Å². The highest BCUT2D eigenvalue weighted by atomic mass is 16.3. The Morgan fingerprint density at radius 1 is 1.00 bits per heavy atom. The normalized spacial score (nSPS) is 10.8. The molecule has 0 aliphatic rings. The fourth-order valence-electron chi connectivity index (χ4n) is 2.45. The van der Waals surface area contributed by atoms with Gasteiger partial charge in [0.05, 0.1) is 12.1 Å². The number of rotatable bonds is 4. The summed E-state index contributed by atoms with van der Waals surface area (Å²) in [6.45, 7) is 0.866. The summed E-state index contributed by atoms with van der Waals surface area (Å²) >= 11 is 0. The van der Waals surface area contributed by atoms with Gasteiger partial charge in [-0.15, -0.1) is 0 Å². The molecule has 0 radical (unpaired) electrons. The third-order valence-corrected chi connectivity index (χ3v) is 3.60. The lowest BCUT2D eigenvalue weighted by atomic mass is 10.1. The number of fused-ring (bicyclic) bond motifs is 1. The van der Waals surface area contributed by atoms with Crippen LogP contribution >= 0.6 is 0 Å². The molecular formula is C18H18N2O. The summed E-state index contributed by atoms with van der Waals surface area (Å²) in [4.78, 5) is 6.63. The SMILES string of the molecule is CN(Cc1ccc2cc(CO)cnc2c1)c1ccccc1. The zero-order chi connectivity index (χ0) is 14.7. The summed E-state index contributed by atoms with van der Waals surface area (Å²) in [5.74, 6) is 0. The van der Waals surface area contributed by atoms with E-state index in [0.29, 0.717) is 0 Å². The van der Waals surface area contributed by atoms with Gasteiger partial charge in [-0.3, -0.25) is 4.98 Å². The summed E-state index contributed by atoms with van der Waals surface area (Å²) in [6, 6.07) is 18.6. The number of anilines is 1. The van der Waals surface area contributed by atoms with Crippen molar-refractivity contribution < 1.29 is 5.11 Å². The number of para-hydroxylation sites is 1. The van der Waals surface area contributed by atoms with E-state index in [1.54, 1.807) is 6.20 Å². The third-order valence-electron chi connectivity index (χ3n) is 3.60. The summed E-state index contributed by atoms with van der Waals surface area (Å²) in [6.07, 6.45) is 1.73. The third kappa shape index (κ3) is 3.03. The standard InChI is InChI=1S/C18H18N2O/c1-20(17-5-3-2-4-6-17)12-14-7-8-16-9-15(13-21)11-19-18(16)10-14/h2-11,21H,12-13H2,1H3. The van der Waals surface area contributed by atoms with E-state index in [1.165, 1.54) is 11.3 Å². The van der Waals surface area contributed by atoms with Crippen molar-refractivity contribution in [2.24, 2.45) is 0 Å². The summed E-state index contributed by atoms with van der Waals surface area (Å²) < 4.78 is 0. The molecule has 0 aliphatic carbocycles. The van der Waals surface area contributed by atoms with Gasteiger partial charge < -0.3 is 10.0 Å². The van der Waals surface area contributed by atoms with Gasteiger partial charge in [-0.05, 0) is 35.4 Å². The van der Waals surface area contributed by atoms with Gasteiger partial charge in [-0.25, -0.2) is 0 Å². The van der Waals surface area contributed by atoms with E-state index in [1.807, 2.05) is 24.3 Å². The summed E-state index contributed by atoms with van der Waals surface area (Å²) in [5, 5.41) is 10.2. The second kappa shape index (κ2) is 5.94. The minimum Gasteiger partial charge on any atom is -0.392 e. The lowest BCUT2D eigenvalue weighted by molar-refractivity contribution is 0.281. The van der Waals surface area contributed by atoms with E-state index in [9.17, 15) is 0 Å². The molecule has 0 aliphatic heterocycles. The number of aliphatic hydroxyl groups is 1. The quantitative estimate of drug-likeness (QED) is 0.795. The van der Waals surface area contributed by atoms with Crippen molar-refractivity contribution in [1.29, 1.82) is 0 Å². The van der Waals surface area contributed by atoms with E-state index < -0.39 is 0 Å². The number of aliphatic hydroxyl groups excluding tert-OH is 1. The van der Waals surface area contributed by atoms with E-state index in [2.05, 4.69) is 47.3 Å². The number of hydrogen-bond donors (Lipinski definition) is 1. The van der Waals surface area contributed by atoms with Gasteiger partial charge >= 0.3 is 0 Å². The fraction of sp³-hybridized carbons (Fsp3) is 0.167. The highest BCUT2D eigenvalue weighted by Crippen LogP contribution is 2.19. The first-order valence-electron chi connectivity index (χ1n) is 7.01. The van der Waals surface area contributed by atoms with Crippen LogP contribution in [-0.4, -0.2) is 17.1 Å². The van der Waals surface area contributed by atoms with Crippen LogP contribution in [-0.2, 0) is 13.2 Å². The molecular weight excluding hydrogens is 260 g/mol. The van der Waals surface area contributed by atoms with Crippen LogP contribution in [0.25, 0.3) is 10.9 Å². The van der Waals surface area contributed by atoms with Crippen molar-refractivity contribution in [3.63, 3.8) is 0 Å². The van der Waals surface area contributed by atoms with Crippen LogP contribution in [0.4, 0.5) is 5.69 Å². The molecule has 21 heavy (non-hydrogen) atoms. The van der Waals surface area contributed by atoms with Gasteiger partial charge in [-0.2, -0.15) is 0 Å². The molecule has 3 nitrogen and oxygen atoms in total. The molecule has 0 amide bonds. The van der Waals surface area contributed by atoms with Crippen LogP contribution < -0.4 is 4.90 Å². The number of benzene rings is 2. The Hall–Kier alpha value is -2.39. The molecule has 1 N–H and O–H groups in total. The smallest absolute Gasteiger partial charge is 0.0705 e. The van der Waals surface area contributed by atoms with Crippen molar-refractivity contribution in [2.75, 3.05) is 11.9 Å². The second-order valence-electron chi connectivity index (χ2n) is 5.22. The molecule has 1 aromatic heterocycles. The maximum atomic E-state index is 9.15. The minimum absolute atomic E-state index is 0.0292. The maximum Gasteiger partial charge on any atom is 0.0705 e. The highest BCUT2D eigenvalue weighted by Gasteiger charge is 2.04. The number of hydrogen-bond acceptors (Lipinski definition) is 3. The Balaban J connectivity index is 1.84. The zero-order valence-electron chi connectivity index (χ0n) is 12.0. The Bertz CT molecular complexity index is 741. The monoisotopic (exact) mass is 278 g/mol. The van der Waals surface area contributed by atoms with Crippen LogP contribution in [0.1, 0.15) is 11.1 Å². The number of aromatic nitrogens is 1. The molecule has 0 saturated heterocycles. The van der Waals surface area contributed by atoms with E-state index in [0.717, 1.165) is 23.0 Å². The van der Waals surface area contributed by atoms with Gasteiger partial charge in [-0.1, -0.05) is 30.3 Å². The molecule has 2 aromatic carbocycles. The Morgan fingerprint density at radius 3 is 2.57 bits per heavy atom. The van der Waals surface area contributed by atoms with Crippen LogP contribution in [0, 0.1) is 0 Å². The first-order valence-corrected chi connectivity index (χ1v) is 7.01. The molecule has 3 rings (SSSR count). The van der Waals surface area contributed by atoms with E-state index >= 15 is 0 Å². The molecule has 0 unspecified atom stereocenters. The average Bonchev–Trinajstić information content (AvgIpc) is 2.55. The molecule has 0 saturated carbocycles. The predicted molar refractivity (Wildman–Crippen MR) is 86.2 cm³/mol. The average molecular weight is 278 g/mol. The van der Waals surface area contributed by atoms with Crippen LogP contribution in [0.2, 0.25) is 0 Å². The van der Waals surface area contributed by atoms with Crippen LogP contribution in [0.3, 0.4) is 0 Å². The molecule has 0 atom stereocenters. The topological polar surface area (TPSA) is 36.4 Å². The first kappa shape index (κ1) is 13.6. The molecule has 3 heteroatoms. The predicted octanol–water partition coefficient (Wildman–Crippen LogP) is 3.36. The number of pyridine rings is 1. The molecule has 106 valence electrons. The van der Waals surface area contributed by atoms with Crippen molar-refractivity contribution in [1.82, 2.24) is 4.98 Å². The summed E-state index contributed by atoms with van der Waals surface area (Å²) in [5.41, 5.74) is 4.22. The van der Waals surface area contributed by atoms with Gasteiger partial charge in [0.25, 0.3) is 0 Å². The molecule has 1 heterocycles. The zero-order valence-corrected chi connectivity index (χ0v) is 12.0. The lowest BCUT2D eigenvalue weighted by Gasteiger charge is -2.19. The maximum absolute atomic E-state index is 9.15. The Kier molecular flexibility index (Phi) is 3.84. The molecule has 3 aromatic rings. The van der Waals surface area contributed by atoms with Crippen LogP contribution in [0.15, 0.2) is 60.8 Å². The van der Waals surface area contributed by atoms with Gasteiger partial charge in [0.2, 0.25) is 0 Å². The first-order chi connectivity index (χ1) is 10.3. The molecule has 0 fully saturated rings. The van der Waals surface area contributed by atoms with Crippen molar-refractivity contribution in [2.45, 2.75) is 13.2 Å². The van der Waals surface area contributed by atoms with Crippen LogP contribution in [0.5, 0.6) is 0 Å². The second-order valence-corrected chi connectivity index (χ2v) is 5.22. The Labute approximate surface area is 124 Å². The van der Waals surface area contributed by atoms with Gasteiger partial charge in [0, 0.05) is 30.9 Å².